The minimum atomic E-state index is 0.0195. The topological polar surface area (TPSA) is 64.1 Å². The first kappa shape index (κ1) is 15.8. The predicted octanol–water partition coefficient (Wildman–Crippen LogP) is 3.34. The number of anilines is 1. The van der Waals surface area contributed by atoms with Crippen LogP contribution in [0.2, 0.25) is 0 Å². The van der Waals surface area contributed by atoms with Gasteiger partial charge in [-0.15, -0.1) is 10.2 Å². The SMILES string of the molecule is COc1ccccc1C(=O)CSc1nnc(NC(C)C)s1. The van der Waals surface area contributed by atoms with Gasteiger partial charge in [-0.1, -0.05) is 35.2 Å². The maximum absolute atomic E-state index is 12.2. The zero-order valence-electron chi connectivity index (χ0n) is 12.1. The van der Waals surface area contributed by atoms with Gasteiger partial charge in [0.05, 0.1) is 18.4 Å². The van der Waals surface area contributed by atoms with Gasteiger partial charge in [0.15, 0.2) is 10.1 Å². The summed E-state index contributed by atoms with van der Waals surface area (Å²) in [7, 11) is 1.56. The van der Waals surface area contributed by atoms with Crippen molar-refractivity contribution in [2.45, 2.75) is 24.2 Å². The number of ether oxygens (including phenoxy) is 1. The zero-order chi connectivity index (χ0) is 15.2. The van der Waals surface area contributed by atoms with Crippen LogP contribution in [-0.4, -0.2) is 34.9 Å². The Kier molecular flexibility index (Phi) is 5.58. The number of nitrogens with zero attached hydrogens (tertiary/aromatic N) is 2. The molecule has 2 aromatic rings. The lowest BCUT2D eigenvalue weighted by Crippen LogP contribution is -2.08. The molecule has 112 valence electrons. The molecule has 0 atom stereocenters. The fourth-order valence-electron chi connectivity index (χ4n) is 1.65. The molecular formula is C14H17N3O2S2. The second-order valence-electron chi connectivity index (χ2n) is 4.58. The summed E-state index contributed by atoms with van der Waals surface area (Å²) in [6, 6.07) is 7.54. The van der Waals surface area contributed by atoms with Crippen molar-refractivity contribution >= 4 is 34.0 Å². The Morgan fingerprint density at radius 1 is 1.38 bits per heavy atom. The minimum absolute atomic E-state index is 0.0195. The molecule has 1 heterocycles. The van der Waals surface area contributed by atoms with Crippen molar-refractivity contribution < 1.29 is 9.53 Å². The summed E-state index contributed by atoms with van der Waals surface area (Å²) >= 11 is 2.84. The Balaban J connectivity index is 1.96. The van der Waals surface area contributed by atoms with Gasteiger partial charge >= 0.3 is 0 Å². The number of Topliss-reactive ketones (excluding diaryl/α,β-unsaturated/α-hetero) is 1. The van der Waals surface area contributed by atoms with Crippen LogP contribution < -0.4 is 10.1 Å². The number of carbonyl (C=O) groups excluding carboxylic acids is 1. The second kappa shape index (κ2) is 7.42. The number of carbonyl (C=O) groups is 1. The molecule has 0 saturated heterocycles. The van der Waals surface area contributed by atoms with Crippen LogP contribution in [0.15, 0.2) is 28.6 Å². The maximum atomic E-state index is 12.2. The lowest BCUT2D eigenvalue weighted by Gasteiger charge is -2.06. The standard InChI is InChI=1S/C14H17N3O2S2/c1-9(2)15-13-16-17-14(21-13)20-8-11(18)10-6-4-5-7-12(10)19-3/h4-7,9H,8H2,1-3H3,(H,15,16). The molecule has 0 unspecified atom stereocenters. The Bertz CT molecular complexity index is 614. The number of rotatable bonds is 7. The number of benzene rings is 1. The summed E-state index contributed by atoms with van der Waals surface area (Å²) in [6.07, 6.45) is 0. The molecule has 0 bridgehead atoms. The quantitative estimate of drug-likeness (QED) is 0.623. The third-order valence-corrected chi connectivity index (χ3v) is 4.54. The van der Waals surface area contributed by atoms with Crippen LogP contribution in [0.3, 0.4) is 0 Å². The summed E-state index contributed by atoms with van der Waals surface area (Å²) in [5.41, 5.74) is 0.595. The highest BCUT2D eigenvalue weighted by molar-refractivity contribution is 8.01. The van der Waals surface area contributed by atoms with Gasteiger partial charge in [0, 0.05) is 6.04 Å². The van der Waals surface area contributed by atoms with Crippen LogP contribution in [0.5, 0.6) is 5.75 Å². The molecule has 0 saturated carbocycles. The molecule has 1 aromatic heterocycles. The van der Waals surface area contributed by atoms with E-state index in [0.29, 0.717) is 23.1 Å². The average molecular weight is 323 g/mol. The lowest BCUT2D eigenvalue weighted by atomic mass is 10.1. The lowest BCUT2D eigenvalue weighted by molar-refractivity contribution is 0.101. The molecule has 0 aliphatic rings. The first-order chi connectivity index (χ1) is 10.1. The van der Waals surface area contributed by atoms with Gasteiger partial charge in [-0.05, 0) is 26.0 Å². The number of methoxy groups -OCH3 is 1. The second-order valence-corrected chi connectivity index (χ2v) is 6.78. The molecule has 0 fully saturated rings. The molecule has 5 nitrogen and oxygen atoms in total. The van der Waals surface area contributed by atoms with E-state index in [1.807, 2.05) is 26.0 Å². The van der Waals surface area contributed by atoms with Gasteiger partial charge in [0.25, 0.3) is 0 Å². The fraction of sp³-hybridized carbons (Fsp3) is 0.357. The van der Waals surface area contributed by atoms with Crippen molar-refractivity contribution in [3.63, 3.8) is 0 Å². The summed E-state index contributed by atoms with van der Waals surface area (Å²) in [5.74, 6) is 0.935. The number of para-hydroxylation sites is 1. The van der Waals surface area contributed by atoms with Crippen molar-refractivity contribution in [3.05, 3.63) is 29.8 Å². The number of thioether (sulfide) groups is 1. The highest BCUT2D eigenvalue weighted by Crippen LogP contribution is 2.27. The van der Waals surface area contributed by atoms with E-state index in [4.69, 9.17) is 4.74 Å². The Morgan fingerprint density at radius 3 is 2.86 bits per heavy atom. The molecule has 0 spiro atoms. The Hall–Kier alpha value is -1.60. The fourth-order valence-corrected chi connectivity index (χ4v) is 3.43. The minimum Gasteiger partial charge on any atom is -0.496 e. The van der Waals surface area contributed by atoms with Gasteiger partial charge in [0.1, 0.15) is 5.75 Å². The Morgan fingerprint density at radius 2 is 2.14 bits per heavy atom. The largest absolute Gasteiger partial charge is 0.496 e. The van der Waals surface area contributed by atoms with E-state index in [1.54, 1.807) is 19.2 Å². The molecule has 7 heteroatoms. The summed E-state index contributed by atoms with van der Waals surface area (Å²) in [5, 5.41) is 12.1. The summed E-state index contributed by atoms with van der Waals surface area (Å²) in [6.45, 7) is 4.08. The molecule has 0 aliphatic carbocycles. The van der Waals surface area contributed by atoms with Crippen molar-refractivity contribution in [3.8, 4) is 5.75 Å². The highest BCUT2D eigenvalue weighted by atomic mass is 32.2. The van der Waals surface area contributed by atoms with E-state index in [2.05, 4.69) is 15.5 Å². The molecule has 0 radical (unpaired) electrons. The van der Waals surface area contributed by atoms with Gasteiger partial charge in [-0.3, -0.25) is 4.79 Å². The van der Waals surface area contributed by atoms with E-state index < -0.39 is 0 Å². The van der Waals surface area contributed by atoms with Gasteiger partial charge < -0.3 is 10.1 Å². The molecule has 2 rings (SSSR count). The van der Waals surface area contributed by atoms with E-state index in [1.165, 1.54) is 23.1 Å². The van der Waals surface area contributed by atoms with E-state index in [0.717, 1.165) is 9.47 Å². The smallest absolute Gasteiger partial charge is 0.206 e. The maximum Gasteiger partial charge on any atom is 0.206 e. The zero-order valence-corrected chi connectivity index (χ0v) is 13.8. The van der Waals surface area contributed by atoms with Crippen LogP contribution >= 0.6 is 23.1 Å². The molecule has 1 aromatic carbocycles. The van der Waals surface area contributed by atoms with Crippen molar-refractivity contribution in [2.24, 2.45) is 0 Å². The van der Waals surface area contributed by atoms with E-state index in [-0.39, 0.29) is 5.78 Å². The monoisotopic (exact) mass is 323 g/mol. The van der Waals surface area contributed by atoms with E-state index >= 15 is 0 Å². The van der Waals surface area contributed by atoms with Crippen molar-refractivity contribution in [1.29, 1.82) is 0 Å². The molecule has 0 aliphatic heterocycles. The van der Waals surface area contributed by atoms with E-state index in [9.17, 15) is 4.79 Å². The van der Waals surface area contributed by atoms with Gasteiger partial charge in [-0.25, -0.2) is 0 Å². The highest BCUT2D eigenvalue weighted by Gasteiger charge is 2.13. The number of ketones is 1. The molecule has 1 N–H and O–H groups in total. The third kappa shape index (κ3) is 4.44. The number of hydrogen-bond donors (Lipinski definition) is 1. The normalized spacial score (nSPS) is 10.7. The summed E-state index contributed by atoms with van der Waals surface area (Å²) in [4.78, 5) is 12.2. The van der Waals surface area contributed by atoms with Gasteiger partial charge in [0.2, 0.25) is 5.13 Å². The van der Waals surface area contributed by atoms with Crippen LogP contribution in [-0.2, 0) is 0 Å². The Labute approximate surface area is 132 Å². The van der Waals surface area contributed by atoms with Crippen molar-refractivity contribution in [1.82, 2.24) is 10.2 Å². The van der Waals surface area contributed by atoms with Crippen molar-refractivity contribution in [2.75, 3.05) is 18.2 Å². The summed E-state index contributed by atoms with van der Waals surface area (Å²) < 4.78 is 5.98. The van der Waals surface area contributed by atoms with Crippen LogP contribution in [0, 0.1) is 0 Å². The molecule has 21 heavy (non-hydrogen) atoms. The number of nitrogens with one attached hydrogen (secondary N) is 1. The molecular weight excluding hydrogens is 306 g/mol. The van der Waals surface area contributed by atoms with Crippen LogP contribution in [0.4, 0.5) is 5.13 Å². The first-order valence-corrected chi connectivity index (χ1v) is 8.29. The third-order valence-electron chi connectivity index (χ3n) is 2.55. The average Bonchev–Trinajstić information content (AvgIpc) is 2.91. The number of hydrogen-bond acceptors (Lipinski definition) is 7. The predicted molar refractivity (Wildman–Crippen MR) is 86.7 cm³/mol. The number of aromatic nitrogens is 2. The first-order valence-electron chi connectivity index (χ1n) is 6.49. The van der Waals surface area contributed by atoms with Crippen LogP contribution in [0.1, 0.15) is 24.2 Å². The molecule has 0 amide bonds. The van der Waals surface area contributed by atoms with Crippen LogP contribution in [0.25, 0.3) is 0 Å². The van der Waals surface area contributed by atoms with Gasteiger partial charge in [-0.2, -0.15) is 0 Å².